The molecule has 0 aliphatic rings. The molecular weight excluding hydrogens is 416 g/mol. The molecule has 0 aromatic carbocycles. The van der Waals surface area contributed by atoms with E-state index in [4.69, 9.17) is 0 Å². The van der Waals surface area contributed by atoms with Crippen LogP contribution in [0.15, 0.2) is 0 Å². The molecule has 0 aliphatic carbocycles. The second-order valence-electron chi connectivity index (χ2n) is 3.71. The molecule has 4 unspecified atom stereocenters. The predicted molar refractivity (Wildman–Crippen MR) is 53.7 cm³/mol. The van der Waals surface area contributed by atoms with E-state index >= 15 is 0 Å². The van der Waals surface area contributed by atoms with E-state index in [9.17, 15) is 52.7 Å². The molecule has 0 amide bonds. The molecule has 4 nitrogen and oxygen atoms in total. The Bertz CT molecular complexity index is 308. The summed E-state index contributed by atoms with van der Waals surface area (Å²) < 4.78 is 161. The second kappa shape index (κ2) is 10.4. The fourth-order valence-corrected chi connectivity index (χ4v) is 2.77. The smallest absolute Gasteiger partial charge is 0.314 e. The van der Waals surface area contributed by atoms with E-state index in [2.05, 4.69) is 17.7 Å². The van der Waals surface area contributed by atoms with Gasteiger partial charge in [-0.25, -0.2) is 52.7 Å². The molecule has 0 spiro atoms. The molecular formula is C8H8F12O4Si. The van der Waals surface area contributed by atoms with Crippen LogP contribution in [-0.4, -0.2) is 60.2 Å². The molecule has 152 valence electrons. The lowest BCUT2D eigenvalue weighted by molar-refractivity contribution is -0.232. The first-order chi connectivity index (χ1) is 11.3. The van der Waals surface area contributed by atoms with Gasteiger partial charge in [0, 0.05) is 0 Å². The predicted octanol–water partition coefficient (Wildman–Crippen LogP) is 3.73. The fraction of sp³-hybridized carbons (Fsp3) is 1.00. The Balaban J connectivity index is 5.72. The van der Waals surface area contributed by atoms with Crippen LogP contribution in [0.1, 0.15) is 0 Å². The lowest BCUT2D eigenvalue weighted by atomic mass is 10.7. The van der Waals surface area contributed by atoms with Gasteiger partial charge in [-0.3, -0.25) is 0 Å². The topological polar surface area (TPSA) is 36.9 Å². The van der Waals surface area contributed by atoms with Crippen molar-refractivity contribution < 1.29 is 70.4 Å². The summed E-state index contributed by atoms with van der Waals surface area (Å²) >= 11 is 0. The van der Waals surface area contributed by atoms with E-state index in [1.165, 1.54) is 0 Å². The molecule has 0 saturated carbocycles. The highest BCUT2D eigenvalue weighted by Crippen LogP contribution is 2.28. The third kappa shape index (κ3) is 8.43. The second-order valence-corrected chi connectivity index (χ2v) is 5.66. The van der Waals surface area contributed by atoms with E-state index in [0.29, 0.717) is 0 Å². The Kier molecular flexibility index (Phi) is 10.1. The molecule has 25 heavy (non-hydrogen) atoms. The quantitative estimate of drug-likeness (QED) is 0.354. The van der Waals surface area contributed by atoms with Gasteiger partial charge < -0.3 is 17.7 Å². The van der Waals surface area contributed by atoms with Gasteiger partial charge in [0.25, 0.3) is 51.1 Å². The molecule has 0 aliphatic heterocycles. The standard InChI is InChI=1S/C8H8F12O4Si/c9-1(10)5(17)21-25(22-6(18)2(11)12,23-7(19)3(13)14)24-8(20)4(15)16/h1-8H. The Morgan fingerprint density at radius 1 is 0.360 bits per heavy atom. The zero-order valence-corrected chi connectivity index (χ0v) is 12.3. The molecule has 0 aromatic heterocycles. The summed E-state index contributed by atoms with van der Waals surface area (Å²) in [5.74, 6) is 0. The van der Waals surface area contributed by atoms with Crippen LogP contribution in [0.2, 0.25) is 0 Å². The van der Waals surface area contributed by atoms with Gasteiger partial charge in [0.1, 0.15) is 0 Å². The largest absolute Gasteiger partial charge is 0.689 e. The Morgan fingerprint density at radius 3 is 0.640 bits per heavy atom. The molecule has 0 saturated heterocycles. The van der Waals surface area contributed by atoms with Crippen molar-refractivity contribution in [2.45, 2.75) is 51.1 Å². The summed E-state index contributed by atoms with van der Waals surface area (Å²) in [5, 5.41) is 0. The van der Waals surface area contributed by atoms with Crippen LogP contribution in [-0.2, 0) is 17.7 Å². The van der Waals surface area contributed by atoms with Crippen molar-refractivity contribution in [2.75, 3.05) is 0 Å². The molecule has 0 N–H and O–H groups in total. The van der Waals surface area contributed by atoms with Gasteiger partial charge in [-0.2, -0.15) is 0 Å². The highest BCUT2D eigenvalue weighted by molar-refractivity contribution is 6.53. The van der Waals surface area contributed by atoms with Crippen LogP contribution in [0.4, 0.5) is 52.7 Å². The molecule has 0 fully saturated rings. The normalized spacial score (nSPS) is 20.2. The van der Waals surface area contributed by atoms with E-state index in [0.717, 1.165) is 0 Å². The maximum atomic E-state index is 12.9. The molecule has 0 rings (SSSR count). The van der Waals surface area contributed by atoms with Crippen LogP contribution in [0.5, 0.6) is 0 Å². The summed E-state index contributed by atoms with van der Waals surface area (Å²) in [6, 6.07) is 0. The Labute approximate surface area is 132 Å². The maximum Gasteiger partial charge on any atom is 0.689 e. The van der Waals surface area contributed by atoms with Crippen molar-refractivity contribution in [3.05, 3.63) is 0 Å². The fourth-order valence-electron chi connectivity index (χ4n) is 0.924. The van der Waals surface area contributed by atoms with Crippen LogP contribution < -0.4 is 0 Å². The highest BCUT2D eigenvalue weighted by atomic mass is 28.4. The van der Waals surface area contributed by atoms with Gasteiger partial charge in [-0.15, -0.1) is 0 Å². The minimum Gasteiger partial charge on any atom is -0.314 e. The average molecular weight is 424 g/mol. The first kappa shape index (κ1) is 24.2. The molecule has 4 atom stereocenters. The summed E-state index contributed by atoms with van der Waals surface area (Å²) in [6.45, 7) is 0. The van der Waals surface area contributed by atoms with E-state index in [1.807, 2.05) is 0 Å². The maximum absolute atomic E-state index is 12.9. The van der Waals surface area contributed by atoms with E-state index in [1.54, 1.807) is 0 Å². The molecule has 0 radical (unpaired) electrons. The van der Waals surface area contributed by atoms with Crippen molar-refractivity contribution in [1.82, 2.24) is 0 Å². The SMILES string of the molecule is FC(F)C(F)O[Si](OC(F)C(F)F)(OC(F)C(F)F)OC(F)C(F)F. The molecule has 0 bridgehead atoms. The third-order valence-corrected chi connectivity index (χ3v) is 3.88. The van der Waals surface area contributed by atoms with Gasteiger partial charge in [-0.05, 0) is 0 Å². The first-order valence-corrected chi connectivity index (χ1v) is 7.34. The summed E-state index contributed by atoms with van der Waals surface area (Å²) in [6.07, 6.45) is -33.2. The first-order valence-electron chi connectivity index (χ1n) is 5.71. The van der Waals surface area contributed by atoms with Gasteiger partial charge in [0.2, 0.25) is 0 Å². The van der Waals surface area contributed by atoms with Gasteiger partial charge in [-0.1, -0.05) is 0 Å². The zero-order chi connectivity index (χ0) is 19.9. The molecule has 0 heterocycles. The minimum atomic E-state index is -6.72. The molecule has 17 heteroatoms. The third-order valence-electron chi connectivity index (χ3n) is 1.82. The summed E-state index contributed by atoms with van der Waals surface area (Å²) in [7, 11) is -6.72. The number of rotatable bonds is 12. The summed E-state index contributed by atoms with van der Waals surface area (Å²) in [4.78, 5) is 0. The molecule has 0 aromatic rings. The number of halogens is 12. The Morgan fingerprint density at radius 2 is 0.520 bits per heavy atom. The lowest BCUT2D eigenvalue weighted by Gasteiger charge is -2.31. The van der Waals surface area contributed by atoms with Crippen LogP contribution in [0, 0.1) is 0 Å². The van der Waals surface area contributed by atoms with Crippen molar-refractivity contribution in [3.8, 4) is 0 Å². The minimum absolute atomic E-state index is 3.30. The number of alkyl halides is 12. The van der Waals surface area contributed by atoms with E-state index in [-0.39, 0.29) is 0 Å². The van der Waals surface area contributed by atoms with Crippen LogP contribution in [0.3, 0.4) is 0 Å². The highest BCUT2D eigenvalue weighted by Gasteiger charge is 2.58. The average Bonchev–Trinajstić information content (AvgIpc) is 2.46. The monoisotopic (exact) mass is 424 g/mol. The van der Waals surface area contributed by atoms with Crippen molar-refractivity contribution in [2.24, 2.45) is 0 Å². The van der Waals surface area contributed by atoms with E-state index < -0.39 is 60.2 Å². The Hall–Kier alpha value is -0.783. The lowest BCUT2D eigenvalue weighted by Crippen LogP contribution is -2.58. The van der Waals surface area contributed by atoms with Crippen molar-refractivity contribution >= 4 is 9.05 Å². The van der Waals surface area contributed by atoms with Crippen LogP contribution >= 0.6 is 0 Å². The summed E-state index contributed by atoms with van der Waals surface area (Å²) in [5.41, 5.74) is 0. The van der Waals surface area contributed by atoms with Gasteiger partial charge in [0.05, 0.1) is 0 Å². The number of hydrogen-bond donors (Lipinski definition) is 0. The zero-order valence-electron chi connectivity index (χ0n) is 11.3. The van der Waals surface area contributed by atoms with Gasteiger partial charge >= 0.3 is 9.05 Å². The van der Waals surface area contributed by atoms with Crippen molar-refractivity contribution in [1.29, 1.82) is 0 Å². The van der Waals surface area contributed by atoms with Crippen LogP contribution in [0.25, 0.3) is 0 Å². The van der Waals surface area contributed by atoms with Crippen molar-refractivity contribution in [3.63, 3.8) is 0 Å². The number of hydrogen-bond acceptors (Lipinski definition) is 4. The van der Waals surface area contributed by atoms with Gasteiger partial charge in [0.15, 0.2) is 0 Å².